The highest BCUT2D eigenvalue weighted by Gasteiger charge is 2.30. The molecule has 8 nitrogen and oxygen atoms in total. The highest BCUT2D eigenvalue weighted by atomic mass is 32.2. The fourth-order valence-electron chi connectivity index (χ4n) is 3.78. The standard InChI is InChI=1S/C28H30N4O4S/c1-5-15-31(19-25-17-27(29-35-25)23-11-7-21(3)8-12-23)37(33,34)32(16-6-2)20-26-18-28(30-36-26)24-13-9-22(4)10-14-24/h5-14,17-18H,1-2,15-16,19-20H2,3-4H3. The fraction of sp³-hybridized carbons (Fsp3) is 0.214. The lowest BCUT2D eigenvalue weighted by Gasteiger charge is -2.27. The maximum atomic E-state index is 13.7. The lowest BCUT2D eigenvalue weighted by atomic mass is 10.1. The first-order chi connectivity index (χ1) is 17.8. The molecule has 2 aromatic carbocycles. The van der Waals surface area contributed by atoms with Gasteiger partial charge in [0.05, 0.1) is 13.1 Å². The Morgan fingerprint density at radius 1 is 0.730 bits per heavy atom. The monoisotopic (exact) mass is 518 g/mol. The van der Waals surface area contributed by atoms with Gasteiger partial charge in [0.2, 0.25) is 0 Å². The van der Waals surface area contributed by atoms with E-state index in [4.69, 9.17) is 9.05 Å². The number of aryl methyl sites for hydroxylation is 2. The molecule has 2 heterocycles. The van der Waals surface area contributed by atoms with Crippen LogP contribution in [0.15, 0.2) is 95.0 Å². The smallest absolute Gasteiger partial charge is 0.283 e. The second-order valence-electron chi connectivity index (χ2n) is 8.76. The van der Waals surface area contributed by atoms with Crippen molar-refractivity contribution in [3.63, 3.8) is 0 Å². The van der Waals surface area contributed by atoms with E-state index in [1.807, 2.05) is 62.4 Å². The molecule has 4 rings (SSSR count). The van der Waals surface area contributed by atoms with E-state index in [0.717, 1.165) is 22.3 Å². The summed E-state index contributed by atoms with van der Waals surface area (Å²) >= 11 is 0. The molecule has 0 aliphatic carbocycles. The fourth-order valence-corrected chi connectivity index (χ4v) is 5.27. The Labute approximate surface area is 217 Å². The Morgan fingerprint density at radius 3 is 1.46 bits per heavy atom. The quantitative estimate of drug-likeness (QED) is 0.229. The number of hydrogen-bond acceptors (Lipinski definition) is 6. The minimum absolute atomic E-state index is 0.00806. The summed E-state index contributed by atoms with van der Waals surface area (Å²) in [6, 6.07) is 19.2. The van der Waals surface area contributed by atoms with Crippen molar-refractivity contribution in [3.8, 4) is 22.5 Å². The van der Waals surface area contributed by atoms with E-state index in [-0.39, 0.29) is 26.2 Å². The number of hydrogen-bond donors (Lipinski definition) is 0. The number of rotatable bonds is 12. The Kier molecular flexibility index (Phi) is 8.17. The molecular formula is C28H30N4O4S. The first-order valence-electron chi connectivity index (χ1n) is 11.8. The summed E-state index contributed by atoms with van der Waals surface area (Å²) < 4.78 is 40.9. The molecule has 0 N–H and O–H groups in total. The van der Waals surface area contributed by atoms with E-state index in [9.17, 15) is 8.42 Å². The Morgan fingerprint density at radius 2 is 1.11 bits per heavy atom. The van der Waals surface area contributed by atoms with Gasteiger partial charge in [-0.1, -0.05) is 82.1 Å². The molecule has 37 heavy (non-hydrogen) atoms. The normalized spacial score (nSPS) is 11.8. The van der Waals surface area contributed by atoms with E-state index < -0.39 is 10.2 Å². The molecule has 0 unspecified atom stereocenters. The minimum atomic E-state index is -3.96. The maximum absolute atomic E-state index is 13.7. The van der Waals surface area contributed by atoms with Crippen LogP contribution in [-0.2, 0) is 23.3 Å². The van der Waals surface area contributed by atoms with Crippen molar-refractivity contribution in [3.05, 3.63) is 109 Å². The van der Waals surface area contributed by atoms with Gasteiger partial charge in [0.15, 0.2) is 11.5 Å². The third kappa shape index (κ3) is 6.32. The van der Waals surface area contributed by atoms with Gasteiger partial charge in [-0.2, -0.15) is 17.0 Å². The zero-order valence-electron chi connectivity index (χ0n) is 21.0. The molecule has 0 atom stereocenters. The molecule has 0 radical (unpaired) electrons. The molecule has 0 bridgehead atoms. The second-order valence-corrected chi connectivity index (χ2v) is 10.7. The van der Waals surface area contributed by atoms with Gasteiger partial charge in [0.25, 0.3) is 10.2 Å². The number of nitrogens with zero attached hydrogens (tertiary/aromatic N) is 4. The van der Waals surface area contributed by atoms with Crippen LogP contribution in [0.1, 0.15) is 22.6 Å². The predicted molar refractivity (Wildman–Crippen MR) is 143 cm³/mol. The topological polar surface area (TPSA) is 92.7 Å². The summed E-state index contributed by atoms with van der Waals surface area (Å²) in [5.74, 6) is 0.835. The third-order valence-electron chi connectivity index (χ3n) is 5.79. The Bertz CT molecular complexity index is 1350. The first kappa shape index (κ1) is 26.3. The molecule has 0 aliphatic rings. The van der Waals surface area contributed by atoms with Gasteiger partial charge in [-0.3, -0.25) is 0 Å². The second kappa shape index (κ2) is 11.5. The SMILES string of the molecule is C=CCN(Cc1cc(-c2ccc(C)cc2)no1)S(=O)(=O)N(CC=C)Cc1cc(-c2ccc(C)cc2)no1. The Balaban J connectivity index is 1.54. The Hall–Kier alpha value is -3.79. The molecule has 9 heteroatoms. The highest BCUT2D eigenvalue weighted by Crippen LogP contribution is 2.24. The number of aromatic nitrogens is 2. The van der Waals surface area contributed by atoms with Crippen molar-refractivity contribution >= 4 is 10.2 Å². The van der Waals surface area contributed by atoms with Crippen LogP contribution in [0, 0.1) is 13.8 Å². The average molecular weight is 519 g/mol. The van der Waals surface area contributed by atoms with Gasteiger partial charge in [-0.05, 0) is 13.8 Å². The van der Waals surface area contributed by atoms with Crippen molar-refractivity contribution in [2.24, 2.45) is 0 Å². The largest absolute Gasteiger partial charge is 0.359 e. The highest BCUT2D eigenvalue weighted by molar-refractivity contribution is 7.86. The summed E-state index contributed by atoms with van der Waals surface area (Å²) in [6.45, 7) is 11.6. The molecule has 0 fully saturated rings. The molecule has 4 aromatic rings. The van der Waals surface area contributed by atoms with Crippen molar-refractivity contribution in [1.82, 2.24) is 18.9 Å². The van der Waals surface area contributed by atoms with Gasteiger partial charge < -0.3 is 9.05 Å². The van der Waals surface area contributed by atoms with E-state index >= 15 is 0 Å². The summed E-state index contributed by atoms with van der Waals surface area (Å²) in [6.07, 6.45) is 3.07. The minimum Gasteiger partial charge on any atom is -0.359 e. The molecular weight excluding hydrogens is 488 g/mol. The molecule has 192 valence electrons. The van der Waals surface area contributed by atoms with Crippen molar-refractivity contribution in [2.75, 3.05) is 13.1 Å². The molecule has 2 aromatic heterocycles. The molecule has 0 spiro atoms. The summed E-state index contributed by atoms with van der Waals surface area (Å²) in [7, 11) is -3.96. The maximum Gasteiger partial charge on any atom is 0.283 e. The van der Waals surface area contributed by atoms with Gasteiger partial charge >= 0.3 is 0 Å². The van der Waals surface area contributed by atoms with E-state index in [0.29, 0.717) is 22.9 Å². The molecule has 0 aliphatic heterocycles. The summed E-state index contributed by atoms with van der Waals surface area (Å²) in [4.78, 5) is 0. The van der Waals surface area contributed by atoms with Crippen LogP contribution in [-0.4, -0.2) is 40.4 Å². The summed E-state index contributed by atoms with van der Waals surface area (Å²) in [5.41, 5.74) is 5.33. The zero-order chi connectivity index (χ0) is 26.4. The third-order valence-corrected chi connectivity index (χ3v) is 7.66. The van der Waals surface area contributed by atoms with Crippen LogP contribution < -0.4 is 0 Å². The molecule has 0 saturated carbocycles. The lowest BCUT2D eigenvalue weighted by molar-refractivity contribution is 0.294. The van der Waals surface area contributed by atoms with E-state index in [2.05, 4.69) is 23.5 Å². The van der Waals surface area contributed by atoms with Gasteiger partial charge in [0.1, 0.15) is 11.4 Å². The average Bonchev–Trinajstić information content (AvgIpc) is 3.54. The van der Waals surface area contributed by atoms with E-state index in [1.54, 1.807) is 12.1 Å². The van der Waals surface area contributed by atoms with Crippen LogP contribution in [0.3, 0.4) is 0 Å². The molecule has 0 amide bonds. The van der Waals surface area contributed by atoms with Crippen molar-refractivity contribution in [2.45, 2.75) is 26.9 Å². The van der Waals surface area contributed by atoms with Crippen LogP contribution >= 0.6 is 0 Å². The van der Waals surface area contributed by atoms with Gasteiger partial charge in [0, 0.05) is 36.3 Å². The van der Waals surface area contributed by atoms with Crippen LogP contribution in [0.5, 0.6) is 0 Å². The van der Waals surface area contributed by atoms with Crippen LogP contribution in [0.4, 0.5) is 0 Å². The first-order valence-corrected chi connectivity index (χ1v) is 13.2. The van der Waals surface area contributed by atoms with Gasteiger partial charge in [-0.25, -0.2) is 0 Å². The number of benzene rings is 2. The zero-order valence-corrected chi connectivity index (χ0v) is 21.8. The summed E-state index contributed by atoms with van der Waals surface area (Å²) in [5, 5.41) is 8.24. The lowest BCUT2D eigenvalue weighted by Crippen LogP contribution is -2.43. The van der Waals surface area contributed by atoms with E-state index in [1.165, 1.54) is 20.8 Å². The van der Waals surface area contributed by atoms with Crippen molar-refractivity contribution in [1.29, 1.82) is 0 Å². The van der Waals surface area contributed by atoms with Crippen LogP contribution in [0.2, 0.25) is 0 Å². The van der Waals surface area contributed by atoms with Gasteiger partial charge in [-0.15, -0.1) is 13.2 Å². The predicted octanol–water partition coefficient (Wildman–Crippen LogP) is 5.53. The van der Waals surface area contributed by atoms with Crippen LogP contribution in [0.25, 0.3) is 22.5 Å². The molecule has 0 saturated heterocycles. The van der Waals surface area contributed by atoms with Crippen molar-refractivity contribution < 1.29 is 17.5 Å².